The SMILES string of the molecule is CC1C2CCC(CC2)C1(C)OS. The first-order valence-electron chi connectivity index (χ1n) is 5.01. The first-order chi connectivity index (χ1) is 5.68. The van der Waals surface area contributed by atoms with Gasteiger partial charge in [-0.05, 0) is 63.3 Å². The van der Waals surface area contributed by atoms with E-state index >= 15 is 0 Å². The summed E-state index contributed by atoms with van der Waals surface area (Å²) in [7, 11) is 0. The minimum absolute atomic E-state index is 0.0598. The predicted octanol–water partition coefficient (Wildman–Crippen LogP) is 3.06. The molecule has 3 aliphatic carbocycles. The maximum atomic E-state index is 5.42. The van der Waals surface area contributed by atoms with Crippen molar-refractivity contribution in [2.24, 2.45) is 17.8 Å². The molecule has 2 unspecified atom stereocenters. The topological polar surface area (TPSA) is 9.23 Å². The molecular formula is C10H18OS. The Morgan fingerprint density at radius 2 is 1.83 bits per heavy atom. The van der Waals surface area contributed by atoms with E-state index in [1.165, 1.54) is 25.7 Å². The van der Waals surface area contributed by atoms with Crippen molar-refractivity contribution in [1.82, 2.24) is 0 Å². The summed E-state index contributed by atoms with van der Waals surface area (Å²) < 4.78 is 5.42. The van der Waals surface area contributed by atoms with Crippen LogP contribution in [-0.4, -0.2) is 5.60 Å². The van der Waals surface area contributed by atoms with Crippen LogP contribution in [0.3, 0.4) is 0 Å². The smallest absolute Gasteiger partial charge is 0.0853 e. The van der Waals surface area contributed by atoms with Crippen molar-refractivity contribution in [1.29, 1.82) is 0 Å². The first kappa shape index (κ1) is 8.89. The molecule has 0 heterocycles. The Kier molecular flexibility index (Phi) is 2.16. The van der Waals surface area contributed by atoms with Gasteiger partial charge >= 0.3 is 0 Å². The van der Waals surface area contributed by atoms with E-state index in [9.17, 15) is 0 Å². The van der Waals surface area contributed by atoms with Gasteiger partial charge in [-0.3, -0.25) is 0 Å². The number of thiol groups is 1. The molecule has 0 aromatic carbocycles. The second-order valence-electron chi connectivity index (χ2n) is 4.68. The maximum absolute atomic E-state index is 5.42. The third kappa shape index (κ3) is 1.04. The number of fused-ring (bicyclic) bond motifs is 3. The van der Waals surface area contributed by atoms with Gasteiger partial charge in [-0.25, -0.2) is 0 Å². The van der Waals surface area contributed by atoms with Crippen LogP contribution < -0.4 is 0 Å². The molecule has 0 aromatic heterocycles. The van der Waals surface area contributed by atoms with Crippen molar-refractivity contribution in [2.75, 3.05) is 0 Å². The number of hydrogen-bond acceptors (Lipinski definition) is 2. The average molecular weight is 186 g/mol. The van der Waals surface area contributed by atoms with Crippen LogP contribution in [-0.2, 0) is 4.18 Å². The molecule has 0 amide bonds. The standard InChI is InChI=1S/C10H18OS/c1-7-8-3-5-9(6-4-8)10(7,2)11-12/h7-9,12H,3-6H2,1-2H3. The summed E-state index contributed by atoms with van der Waals surface area (Å²) >= 11 is 4.04. The molecule has 2 atom stereocenters. The van der Waals surface area contributed by atoms with Crippen molar-refractivity contribution in [2.45, 2.75) is 45.1 Å². The van der Waals surface area contributed by atoms with E-state index in [1.807, 2.05) is 0 Å². The highest BCUT2D eigenvalue weighted by Gasteiger charge is 2.50. The van der Waals surface area contributed by atoms with Crippen molar-refractivity contribution in [3.63, 3.8) is 0 Å². The molecule has 2 bridgehead atoms. The maximum Gasteiger partial charge on any atom is 0.0853 e. The Morgan fingerprint density at radius 3 is 2.17 bits per heavy atom. The van der Waals surface area contributed by atoms with Crippen LogP contribution in [0.4, 0.5) is 0 Å². The lowest BCUT2D eigenvalue weighted by Gasteiger charge is -2.53. The van der Waals surface area contributed by atoms with Gasteiger partial charge in [0, 0.05) is 0 Å². The van der Waals surface area contributed by atoms with Crippen LogP contribution in [0.1, 0.15) is 39.5 Å². The first-order valence-corrected chi connectivity index (χ1v) is 5.37. The zero-order valence-corrected chi connectivity index (χ0v) is 8.81. The van der Waals surface area contributed by atoms with Gasteiger partial charge in [-0.1, -0.05) is 6.92 Å². The fraction of sp³-hybridized carbons (Fsp3) is 1.00. The molecule has 0 saturated heterocycles. The van der Waals surface area contributed by atoms with Crippen molar-refractivity contribution in [3.8, 4) is 0 Å². The van der Waals surface area contributed by atoms with Crippen molar-refractivity contribution < 1.29 is 4.18 Å². The Hall–Kier alpha value is 0.310. The lowest BCUT2D eigenvalue weighted by molar-refractivity contribution is -0.0984. The summed E-state index contributed by atoms with van der Waals surface area (Å²) in [5.74, 6) is 2.35. The summed E-state index contributed by atoms with van der Waals surface area (Å²) in [6, 6.07) is 0. The molecule has 70 valence electrons. The summed E-state index contributed by atoms with van der Waals surface area (Å²) in [5.41, 5.74) is 0.0598. The van der Waals surface area contributed by atoms with E-state index in [0.717, 1.165) is 11.8 Å². The van der Waals surface area contributed by atoms with E-state index in [2.05, 4.69) is 26.8 Å². The Labute approximate surface area is 80.5 Å². The van der Waals surface area contributed by atoms with Gasteiger partial charge in [0.2, 0.25) is 0 Å². The fourth-order valence-corrected chi connectivity index (χ4v) is 3.51. The van der Waals surface area contributed by atoms with E-state index < -0.39 is 0 Å². The van der Waals surface area contributed by atoms with Crippen molar-refractivity contribution in [3.05, 3.63) is 0 Å². The average Bonchev–Trinajstić information content (AvgIpc) is 2.14. The van der Waals surface area contributed by atoms with Crippen LogP contribution in [0.5, 0.6) is 0 Å². The summed E-state index contributed by atoms with van der Waals surface area (Å²) in [6.45, 7) is 4.56. The van der Waals surface area contributed by atoms with Gasteiger partial charge in [0.1, 0.15) is 0 Å². The second-order valence-corrected chi connectivity index (χ2v) is 4.86. The quantitative estimate of drug-likeness (QED) is 0.489. The largest absolute Gasteiger partial charge is 0.312 e. The summed E-state index contributed by atoms with van der Waals surface area (Å²) in [4.78, 5) is 0. The predicted molar refractivity (Wildman–Crippen MR) is 53.1 cm³/mol. The van der Waals surface area contributed by atoms with Gasteiger partial charge < -0.3 is 4.18 Å². The zero-order chi connectivity index (χ0) is 8.77. The van der Waals surface area contributed by atoms with Crippen LogP contribution >= 0.6 is 12.9 Å². The van der Waals surface area contributed by atoms with Crippen molar-refractivity contribution >= 4 is 12.9 Å². The second kappa shape index (κ2) is 2.91. The van der Waals surface area contributed by atoms with Crippen LogP contribution in [0.25, 0.3) is 0 Å². The van der Waals surface area contributed by atoms with Crippen LogP contribution in [0.15, 0.2) is 0 Å². The molecule has 12 heavy (non-hydrogen) atoms. The van der Waals surface area contributed by atoms with Gasteiger partial charge in [0.15, 0.2) is 0 Å². The normalized spacial score (nSPS) is 52.8. The highest BCUT2D eigenvalue weighted by Crippen LogP contribution is 2.52. The Bertz CT molecular complexity index is 171. The Balaban J connectivity index is 2.23. The molecular weight excluding hydrogens is 168 g/mol. The van der Waals surface area contributed by atoms with Gasteiger partial charge in [-0.15, -0.1) is 0 Å². The molecule has 0 N–H and O–H groups in total. The zero-order valence-electron chi connectivity index (χ0n) is 7.92. The molecule has 0 spiro atoms. The molecule has 3 aliphatic rings. The minimum atomic E-state index is 0.0598. The molecule has 3 saturated carbocycles. The molecule has 0 aliphatic heterocycles. The van der Waals surface area contributed by atoms with E-state index in [-0.39, 0.29) is 5.60 Å². The third-order valence-corrected chi connectivity index (χ3v) is 4.78. The Morgan fingerprint density at radius 1 is 1.25 bits per heavy atom. The van der Waals surface area contributed by atoms with Gasteiger partial charge in [0.25, 0.3) is 0 Å². The highest BCUT2D eigenvalue weighted by atomic mass is 32.1. The fourth-order valence-electron chi connectivity index (χ4n) is 3.19. The number of rotatable bonds is 1. The lowest BCUT2D eigenvalue weighted by atomic mass is 9.57. The molecule has 3 fully saturated rings. The third-order valence-electron chi connectivity index (χ3n) is 4.39. The van der Waals surface area contributed by atoms with Gasteiger partial charge in [-0.2, -0.15) is 0 Å². The molecule has 0 radical (unpaired) electrons. The molecule has 1 nitrogen and oxygen atoms in total. The molecule has 2 heteroatoms. The van der Waals surface area contributed by atoms with Crippen LogP contribution in [0.2, 0.25) is 0 Å². The lowest BCUT2D eigenvalue weighted by Crippen LogP contribution is -2.52. The highest BCUT2D eigenvalue weighted by molar-refractivity contribution is 7.75. The summed E-state index contributed by atoms with van der Waals surface area (Å²) in [5, 5.41) is 0. The number of hydrogen-bond donors (Lipinski definition) is 1. The van der Waals surface area contributed by atoms with Gasteiger partial charge in [0.05, 0.1) is 5.60 Å². The van der Waals surface area contributed by atoms with E-state index in [0.29, 0.717) is 5.92 Å². The molecule has 3 rings (SSSR count). The van der Waals surface area contributed by atoms with E-state index in [4.69, 9.17) is 4.18 Å². The van der Waals surface area contributed by atoms with E-state index in [1.54, 1.807) is 0 Å². The monoisotopic (exact) mass is 186 g/mol. The summed E-state index contributed by atoms with van der Waals surface area (Å²) in [6.07, 6.45) is 5.54. The van der Waals surface area contributed by atoms with Crippen LogP contribution in [0, 0.1) is 17.8 Å². The molecule has 0 aromatic rings. The minimum Gasteiger partial charge on any atom is -0.312 e.